The fraction of sp³-hybridized carbons (Fsp3) is 0.474. The normalized spacial score (nSPS) is 16.0. The molecule has 0 aromatic heterocycles. The quantitative estimate of drug-likeness (QED) is 0.388. The summed E-state index contributed by atoms with van der Waals surface area (Å²) in [7, 11) is 0. The van der Waals surface area contributed by atoms with Crippen LogP contribution in [0.2, 0.25) is 0 Å². The third kappa shape index (κ3) is 8.20. The molecule has 1 atom stereocenters. The van der Waals surface area contributed by atoms with Crippen LogP contribution in [0.1, 0.15) is 54.0 Å². The summed E-state index contributed by atoms with van der Waals surface area (Å²) in [5.41, 5.74) is 4.93. The largest absolute Gasteiger partial charge is 0.508 e. The summed E-state index contributed by atoms with van der Waals surface area (Å²) in [6, 6.07) is 4.14. The van der Waals surface area contributed by atoms with Crippen LogP contribution >= 0.6 is 24.8 Å². The van der Waals surface area contributed by atoms with Crippen molar-refractivity contribution in [1.29, 1.82) is 0 Å². The van der Waals surface area contributed by atoms with Gasteiger partial charge in [-0.25, -0.2) is 9.96 Å². The average molecular weight is 410 g/mol. The van der Waals surface area contributed by atoms with Gasteiger partial charge in [0.05, 0.1) is 0 Å². The van der Waals surface area contributed by atoms with Gasteiger partial charge in [0.15, 0.2) is 0 Å². The third-order valence-electron chi connectivity index (χ3n) is 3.99. The first kappa shape index (κ1) is 28.5. The maximum Gasteiger partial charge on any atom is 0.127 e. The summed E-state index contributed by atoms with van der Waals surface area (Å²) in [6.45, 7) is 14.6. The van der Waals surface area contributed by atoms with Gasteiger partial charge in [0, 0.05) is 27.8 Å². The van der Waals surface area contributed by atoms with Crippen LogP contribution in [-0.2, 0) is 27.1 Å². The van der Waals surface area contributed by atoms with Gasteiger partial charge in [0.1, 0.15) is 11.6 Å². The van der Waals surface area contributed by atoms with Gasteiger partial charge in [-0.2, -0.15) is 11.1 Å². The van der Waals surface area contributed by atoms with Gasteiger partial charge in [-0.05, 0) is 23.1 Å². The summed E-state index contributed by atoms with van der Waals surface area (Å²) in [5, 5.41) is 9.12. The molecule has 0 fully saturated rings. The molecule has 0 radical (unpaired) electrons. The average Bonchev–Trinajstić information content (AvgIpc) is 2.55. The zero-order chi connectivity index (χ0) is 16.4. The molecule has 1 nitrogen and oxygen atoms in total. The van der Waals surface area contributed by atoms with E-state index in [1.54, 1.807) is 6.07 Å². The second-order valence-electron chi connectivity index (χ2n) is 6.75. The maximum atomic E-state index is 12.8. The molecule has 0 bridgehead atoms. The molecule has 1 aliphatic carbocycles. The van der Waals surface area contributed by atoms with Gasteiger partial charge in [0.25, 0.3) is 0 Å². The predicted octanol–water partition coefficient (Wildman–Crippen LogP) is 6.39. The van der Waals surface area contributed by atoms with E-state index in [4.69, 9.17) is 5.11 Å². The first-order chi connectivity index (χ1) is 9.52. The van der Waals surface area contributed by atoms with Gasteiger partial charge < -0.3 is 5.11 Å². The fourth-order valence-corrected chi connectivity index (χ4v) is 2.17. The van der Waals surface area contributed by atoms with Crippen molar-refractivity contribution in [3.63, 3.8) is 0 Å². The molecular formula is C19H28Cl2FOTi-. The Balaban J connectivity index is -0.000000336. The Kier molecular flexibility index (Phi) is 13.5. The molecule has 0 spiro atoms. The summed E-state index contributed by atoms with van der Waals surface area (Å²) >= 11 is 0. The van der Waals surface area contributed by atoms with Crippen LogP contribution < -0.4 is 0 Å². The number of allylic oxidation sites excluding steroid dienone is 4. The van der Waals surface area contributed by atoms with Gasteiger partial charge >= 0.3 is 0 Å². The minimum atomic E-state index is -0.389. The first-order valence-corrected chi connectivity index (χ1v) is 7.30. The topological polar surface area (TPSA) is 20.2 Å². The van der Waals surface area contributed by atoms with Crippen LogP contribution in [0, 0.1) is 17.8 Å². The van der Waals surface area contributed by atoms with Gasteiger partial charge in [0.2, 0.25) is 0 Å². The number of benzene rings is 1. The number of halogens is 3. The standard InChI is InChI=1S/C10H13FO.C9H13.2ClH.Ti/c1-10(2,3)7-4-8(11)6-9(12)5-7;1-6-5-7(2)9(4)8(6)3;;;/h4-6,12H,1-3H3;6H,1-4H3;2*1H;/q;-1;;;. The predicted molar refractivity (Wildman–Crippen MR) is 101 cm³/mol. The molecule has 24 heavy (non-hydrogen) atoms. The summed E-state index contributed by atoms with van der Waals surface area (Å²) in [5.74, 6) is 0.157. The molecule has 136 valence electrons. The molecule has 1 aromatic rings. The van der Waals surface area contributed by atoms with Crippen LogP contribution in [0.15, 0.2) is 34.9 Å². The van der Waals surface area contributed by atoms with Crippen molar-refractivity contribution in [2.24, 2.45) is 5.92 Å². The van der Waals surface area contributed by atoms with Crippen LogP contribution in [0.5, 0.6) is 5.75 Å². The molecule has 0 heterocycles. The van der Waals surface area contributed by atoms with Crippen molar-refractivity contribution in [2.75, 3.05) is 0 Å². The van der Waals surface area contributed by atoms with Crippen LogP contribution in [-0.4, -0.2) is 5.11 Å². The zero-order valence-electron chi connectivity index (χ0n) is 15.5. The van der Waals surface area contributed by atoms with Crippen molar-refractivity contribution in [2.45, 2.75) is 53.9 Å². The van der Waals surface area contributed by atoms with E-state index in [0.717, 1.165) is 11.6 Å². The number of hydrogen-bond acceptors (Lipinski definition) is 1. The van der Waals surface area contributed by atoms with Crippen LogP contribution in [0.25, 0.3) is 0 Å². The van der Waals surface area contributed by atoms with Crippen molar-refractivity contribution < 1.29 is 31.2 Å². The minimum absolute atomic E-state index is 0. The van der Waals surface area contributed by atoms with E-state index in [1.807, 2.05) is 20.8 Å². The Labute approximate surface area is 173 Å². The van der Waals surface area contributed by atoms with E-state index in [0.29, 0.717) is 5.92 Å². The first-order valence-electron chi connectivity index (χ1n) is 7.30. The molecule has 1 N–H and O–H groups in total. The van der Waals surface area contributed by atoms with Gasteiger partial charge in [-0.15, -0.1) is 31.7 Å². The molecule has 5 heteroatoms. The Bertz CT molecular complexity index is 569. The molecule has 0 saturated heterocycles. The number of hydrogen-bond donors (Lipinski definition) is 1. The number of rotatable bonds is 0. The number of aromatic hydroxyl groups is 1. The monoisotopic (exact) mass is 409 g/mol. The van der Waals surface area contributed by atoms with Crippen molar-refractivity contribution in [1.82, 2.24) is 0 Å². The molecule has 1 unspecified atom stereocenters. The van der Waals surface area contributed by atoms with Crippen molar-refractivity contribution >= 4 is 24.8 Å². The van der Waals surface area contributed by atoms with Gasteiger partial charge in [-0.3, -0.25) is 6.08 Å². The van der Waals surface area contributed by atoms with E-state index in [2.05, 4.69) is 33.8 Å². The Hall–Kier alpha value is -0.276. The molecular weight excluding hydrogens is 382 g/mol. The Morgan fingerprint density at radius 3 is 1.79 bits per heavy atom. The van der Waals surface area contributed by atoms with Crippen LogP contribution in [0.3, 0.4) is 0 Å². The molecule has 1 aromatic carbocycles. The summed E-state index contributed by atoms with van der Waals surface area (Å²) < 4.78 is 12.8. The Morgan fingerprint density at radius 2 is 1.54 bits per heavy atom. The van der Waals surface area contributed by atoms with Crippen LogP contribution in [0.4, 0.5) is 4.39 Å². The zero-order valence-corrected chi connectivity index (χ0v) is 18.6. The molecule has 0 aliphatic heterocycles. The third-order valence-corrected chi connectivity index (χ3v) is 3.99. The SMILES string of the molecule is CC(C)(C)c1cc(O)cc(F)c1.CC1=[C-]C(C)C(C)=C1C.Cl.Cl.[Ti]. The van der Waals surface area contributed by atoms with E-state index in [-0.39, 0.29) is 63.5 Å². The fourth-order valence-electron chi connectivity index (χ4n) is 2.17. The smallest absolute Gasteiger partial charge is 0.127 e. The molecule has 0 amide bonds. The summed E-state index contributed by atoms with van der Waals surface area (Å²) in [6.07, 6.45) is 3.36. The molecule has 0 saturated carbocycles. The number of phenols is 1. The van der Waals surface area contributed by atoms with Crippen molar-refractivity contribution in [3.05, 3.63) is 52.4 Å². The van der Waals surface area contributed by atoms with Crippen molar-refractivity contribution in [3.8, 4) is 5.75 Å². The van der Waals surface area contributed by atoms with E-state index < -0.39 is 0 Å². The number of phenolic OH excluding ortho intramolecular Hbond substituents is 1. The van der Waals surface area contributed by atoms with E-state index in [9.17, 15) is 4.39 Å². The van der Waals surface area contributed by atoms with Gasteiger partial charge in [-0.1, -0.05) is 47.5 Å². The Morgan fingerprint density at radius 1 is 1.04 bits per heavy atom. The molecule has 1 aliphatic rings. The van der Waals surface area contributed by atoms with E-state index >= 15 is 0 Å². The second kappa shape index (κ2) is 11.4. The maximum absolute atomic E-state index is 12.8. The van der Waals surface area contributed by atoms with E-state index in [1.165, 1.54) is 22.8 Å². The summed E-state index contributed by atoms with van der Waals surface area (Å²) in [4.78, 5) is 0. The molecule has 2 rings (SSSR count). The minimum Gasteiger partial charge on any atom is -0.508 e. The second-order valence-corrected chi connectivity index (χ2v) is 6.75.